The van der Waals surface area contributed by atoms with Crippen molar-refractivity contribution in [3.8, 4) is 0 Å². The number of carbonyl (C=O) groups is 1. The topological polar surface area (TPSA) is 20.3 Å². The molecule has 0 bridgehead atoms. The van der Waals surface area contributed by atoms with Crippen molar-refractivity contribution >= 4 is 17.7 Å². The molecule has 2 aliphatic rings. The van der Waals surface area contributed by atoms with Crippen LogP contribution in [0.3, 0.4) is 0 Å². The summed E-state index contributed by atoms with van der Waals surface area (Å²) in [4.78, 5) is 15.0. The Morgan fingerprint density at radius 3 is 2.04 bits per heavy atom. The summed E-state index contributed by atoms with van der Waals surface area (Å²) in [7, 11) is 0. The fraction of sp³-hybridized carbons (Fsp3) is 0.952. The zero-order chi connectivity index (χ0) is 17.3. The van der Waals surface area contributed by atoms with Crippen molar-refractivity contribution in [2.75, 3.05) is 6.54 Å². The first-order chi connectivity index (χ1) is 11.7. The normalized spacial score (nSPS) is 23.3. The van der Waals surface area contributed by atoms with Gasteiger partial charge in [-0.15, -0.1) is 11.8 Å². The molecule has 24 heavy (non-hydrogen) atoms. The highest BCUT2D eigenvalue weighted by molar-refractivity contribution is 8.02. The number of unbranched alkanes of at least 4 members (excludes halogenated alkanes) is 9. The summed E-state index contributed by atoms with van der Waals surface area (Å²) in [6, 6.07) is 0. The molecule has 2 rings (SSSR count). The zero-order valence-corrected chi connectivity index (χ0v) is 17.0. The van der Waals surface area contributed by atoms with Gasteiger partial charge in [0, 0.05) is 6.54 Å². The number of rotatable bonds is 11. The second-order valence-corrected chi connectivity index (χ2v) is 9.64. The molecule has 140 valence electrons. The van der Waals surface area contributed by atoms with Crippen molar-refractivity contribution in [3.05, 3.63) is 0 Å². The molecule has 0 aromatic heterocycles. The summed E-state index contributed by atoms with van der Waals surface area (Å²) in [6.07, 6.45) is 20.1. The third-order valence-corrected chi connectivity index (χ3v) is 7.49. The molecule has 2 nitrogen and oxygen atoms in total. The predicted octanol–water partition coefficient (Wildman–Crippen LogP) is 6.53. The van der Waals surface area contributed by atoms with Crippen LogP contribution in [0.1, 0.15) is 110 Å². The molecule has 1 aliphatic carbocycles. The van der Waals surface area contributed by atoms with E-state index in [1.165, 1.54) is 96.3 Å². The van der Waals surface area contributed by atoms with E-state index in [4.69, 9.17) is 0 Å². The van der Waals surface area contributed by atoms with Crippen LogP contribution >= 0.6 is 11.8 Å². The van der Waals surface area contributed by atoms with Crippen molar-refractivity contribution in [2.45, 2.75) is 120 Å². The van der Waals surface area contributed by atoms with Gasteiger partial charge in [-0.3, -0.25) is 4.79 Å². The van der Waals surface area contributed by atoms with Gasteiger partial charge in [0.15, 0.2) is 0 Å². The average Bonchev–Trinajstić information content (AvgIpc) is 2.81. The molecule has 1 saturated heterocycles. The molecule has 2 fully saturated rings. The first-order valence-electron chi connectivity index (χ1n) is 10.7. The highest BCUT2D eigenvalue weighted by atomic mass is 32.2. The Kier molecular flexibility index (Phi) is 9.00. The van der Waals surface area contributed by atoms with Crippen molar-refractivity contribution < 1.29 is 4.79 Å². The Bertz CT molecular complexity index is 365. The fourth-order valence-electron chi connectivity index (χ4n) is 4.43. The molecule has 1 atom stereocenters. The number of hydrogen-bond donors (Lipinski definition) is 0. The van der Waals surface area contributed by atoms with Crippen molar-refractivity contribution in [3.63, 3.8) is 0 Å². The fourth-order valence-corrected chi connectivity index (χ4v) is 6.15. The van der Waals surface area contributed by atoms with Gasteiger partial charge >= 0.3 is 0 Å². The third-order valence-electron chi connectivity index (χ3n) is 5.87. The first-order valence-corrected chi connectivity index (χ1v) is 11.6. The van der Waals surface area contributed by atoms with E-state index >= 15 is 0 Å². The van der Waals surface area contributed by atoms with E-state index in [1.807, 2.05) is 11.8 Å². The van der Waals surface area contributed by atoms with Crippen LogP contribution in [0.2, 0.25) is 0 Å². The smallest absolute Gasteiger partial charge is 0.236 e. The third kappa shape index (κ3) is 5.68. The summed E-state index contributed by atoms with van der Waals surface area (Å²) in [5, 5.41) is 0.186. The summed E-state index contributed by atoms with van der Waals surface area (Å²) in [5.74, 6) is 0.415. The van der Waals surface area contributed by atoms with Crippen LogP contribution in [0, 0.1) is 0 Å². The summed E-state index contributed by atoms with van der Waals surface area (Å²) in [6.45, 7) is 5.40. The zero-order valence-electron chi connectivity index (χ0n) is 16.2. The SMILES string of the molecule is CCCCCCCCCCCCN1C(=O)C(C)SC12CCCCC2. The molecule has 0 N–H and O–H groups in total. The molecule has 0 radical (unpaired) electrons. The van der Waals surface area contributed by atoms with E-state index in [-0.39, 0.29) is 10.1 Å². The molecule has 0 aromatic carbocycles. The molecule has 1 unspecified atom stereocenters. The second kappa shape index (κ2) is 10.7. The van der Waals surface area contributed by atoms with Crippen LogP contribution < -0.4 is 0 Å². The lowest BCUT2D eigenvalue weighted by Gasteiger charge is -2.40. The largest absolute Gasteiger partial charge is 0.327 e. The quantitative estimate of drug-likeness (QED) is 0.393. The van der Waals surface area contributed by atoms with Crippen LogP contribution in [0.25, 0.3) is 0 Å². The van der Waals surface area contributed by atoms with Crippen LogP contribution in [0.5, 0.6) is 0 Å². The Hall–Kier alpha value is -0.180. The van der Waals surface area contributed by atoms with Gasteiger partial charge in [-0.1, -0.05) is 84.0 Å². The molecule has 1 saturated carbocycles. The van der Waals surface area contributed by atoms with Crippen LogP contribution in [-0.4, -0.2) is 27.5 Å². The van der Waals surface area contributed by atoms with Gasteiger partial charge in [-0.2, -0.15) is 0 Å². The predicted molar refractivity (Wildman–Crippen MR) is 106 cm³/mol. The molecule has 3 heteroatoms. The Morgan fingerprint density at radius 1 is 0.917 bits per heavy atom. The molecular formula is C21H39NOS. The first kappa shape index (κ1) is 20.1. The molecule has 0 aromatic rings. The van der Waals surface area contributed by atoms with E-state index in [0.29, 0.717) is 5.91 Å². The van der Waals surface area contributed by atoms with Gasteiger partial charge in [-0.25, -0.2) is 0 Å². The number of amides is 1. The maximum atomic E-state index is 12.6. The van der Waals surface area contributed by atoms with Crippen LogP contribution in [-0.2, 0) is 4.79 Å². The molecular weight excluding hydrogens is 314 g/mol. The number of hydrogen-bond acceptors (Lipinski definition) is 2. The monoisotopic (exact) mass is 353 g/mol. The molecule has 1 spiro atoms. The minimum absolute atomic E-state index is 0.175. The lowest BCUT2D eigenvalue weighted by Crippen LogP contribution is -2.46. The maximum absolute atomic E-state index is 12.6. The van der Waals surface area contributed by atoms with Gasteiger partial charge in [-0.05, 0) is 26.2 Å². The standard InChI is InChI=1S/C21H39NOS/c1-3-4-5-6-7-8-9-10-11-15-18-22-20(23)19(2)24-21(22)16-13-12-14-17-21/h19H,3-18H2,1-2H3. The van der Waals surface area contributed by atoms with Gasteiger partial charge in [0.2, 0.25) is 5.91 Å². The van der Waals surface area contributed by atoms with Crippen molar-refractivity contribution in [1.29, 1.82) is 0 Å². The van der Waals surface area contributed by atoms with Crippen LogP contribution in [0.15, 0.2) is 0 Å². The molecule has 1 amide bonds. The Balaban J connectivity index is 1.59. The lowest BCUT2D eigenvalue weighted by atomic mass is 9.93. The Morgan fingerprint density at radius 2 is 1.46 bits per heavy atom. The number of nitrogens with zero attached hydrogens (tertiary/aromatic N) is 1. The van der Waals surface area contributed by atoms with E-state index in [1.54, 1.807) is 0 Å². The number of thioether (sulfide) groups is 1. The Labute approximate surface area is 154 Å². The highest BCUT2D eigenvalue weighted by Crippen LogP contribution is 2.50. The van der Waals surface area contributed by atoms with Crippen LogP contribution in [0.4, 0.5) is 0 Å². The lowest BCUT2D eigenvalue weighted by molar-refractivity contribution is -0.132. The number of carbonyl (C=O) groups excluding carboxylic acids is 1. The molecule has 1 heterocycles. The summed E-state index contributed by atoms with van der Waals surface area (Å²) < 4.78 is 0. The second-order valence-electron chi connectivity index (χ2n) is 7.94. The maximum Gasteiger partial charge on any atom is 0.236 e. The van der Waals surface area contributed by atoms with E-state index in [2.05, 4.69) is 18.7 Å². The van der Waals surface area contributed by atoms with E-state index < -0.39 is 0 Å². The summed E-state index contributed by atoms with van der Waals surface area (Å²) in [5.41, 5.74) is 0. The molecule has 1 aliphatic heterocycles. The average molecular weight is 354 g/mol. The van der Waals surface area contributed by atoms with E-state index in [9.17, 15) is 4.79 Å². The van der Waals surface area contributed by atoms with Gasteiger partial charge in [0.05, 0.1) is 10.1 Å². The minimum Gasteiger partial charge on any atom is -0.327 e. The summed E-state index contributed by atoms with van der Waals surface area (Å²) >= 11 is 1.96. The van der Waals surface area contributed by atoms with Gasteiger partial charge in [0.1, 0.15) is 0 Å². The highest BCUT2D eigenvalue weighted by Gasteiger charge is 2.49. The van der Waals surface area contributed by atoms with Gasteiger partial charge in [0.25, 0.3) is 0 Å². The van der Waals surface area contributed by atoms with E-state index in [0.717, 1.165) is 6.54 Å². The van der Waals surface area contributed by atoms with Gasteiger partial charge < -0.3 is 4.90 Å². The minimum atomic E-state index is 0.175. The van der Waals surface area contributed by atoms with Crippen molar-refractivity contribution in [1.82, 2.24) is 4.90 Å². The van der Waals surface area contributed by atoms with Crippen molar-refractivity contribution in [2.24, 2.45) is 0 Å².